The fraction of sp³-hybridized carbons (Fsp3) is 0.211. The van der Waals surface area contributed by atoms with Crippen molar-refractivity contribution in [3.63, 3.8) is 0 Å². The van der Waals surface area contributed by atoms with Crippen molar-refractivity contribution in [2.24, 2.45) is 0 Å². The maximum Gasteiger partial charge on any atom is 0.255 e. The molecule has 2 aromatic rings. The van der Waals surface area contributed by atoms with E-state index >= 15 is 0 Å². The number of hydrogen-bond donors (Lipinski definition) is 1. The number of carbonyl (C=O) groups is 2. The Labute approximate surface area is 171 Å². The number of anilines is 1. The fourth-order valence-corrected chi connectivity index (χ4v) is 2.93. The average molecular weight is 423 g/mol. The van der Waals surface area contributed by atoms with Crippen LogP contribution in [0.1, 0.15) is 16.8 Å². The summed E-state index contributed by atoms with van der Waals surface area (Å²) in [6.07, 6.45) is 5.45. The average Bonchev–Trinajstić information content (AvgIpc) is 2.70. The Balaban J connectivity index is 1.77. The number of halogens is 2. The highest BCUT2D eigenvalue weighted by Crippen LogP contribution is 2.31. The highest BCUT2D eigenvalue weighted by Gasteiger charge is 2.22. The lowest BCUT2D eigenvalue weighted by atomic mass is 10.1. The number of carbonyl (C=O) groups excluding carboxylic acids is 2. The minimum Gasteiger partial charge on any atom is -0.493 e. The summed E-state index contributed by atoms with van der Waals surface area (Å²) >= 11 is 12.1. The van der Waals surface area contributed by atoms with Gasteiger partial charge in [-0.1, -0.05) is 23.2 Å². The number of ether oxygens (including phenoxy) is 3. The van der Waals surface area contributed by atoms with Crippen molar-refractivity contribution >= 4 is 40.6 Å². The first-order chi connectivity index (χ1) is 13.5. The maximum absolute atomic E-state index is 12.6. The molecule has 1 atom stereocenters. The molecule has 1 aromatic carbocycles. The fourth-order valence-electron chi connectivity index (χ4n) is 2.47. The Bertz CT molecular complexity index is 912. The smallest absolute Gasteiger partial charge is 0.255 e. The van der Waals surface area contributed by atoms with Gasteiger partial charge in [-0.3, -0.25) is 14.6 Å². The number of amides is 1. The molecule has 0 saturated heterocycles. The van der Waals surface area contributed by atoms with Gasteiger partial charge >= 0.3 is 0 Å². The number of nitrogens with zero attached hydrogens (tertiary/aromatic N) is 1. The molecule has 0 radical (unpaired) electrons. The van der Waals surface area contributed by atoms with Gasteiger partial charge in [0, 0.05) is 24.4 Å². The van der Waals surface area contributed by atoms with Gasteiger partial charge in [0.1, 0.15) is 6.61 Å². The van der Waals surface area contributed by atoms with E-state index in [1.54, 1.807) is 18.2 Å². The second-order valence-electron chi connectivity index (χ2n) is 5.78. The van der Waals surface area contributed by atoms with E-state index in [0.717, 1.165) is 0 Å². The number of hydrogen-bond acceptors (Lipinski definition) is 6. The highest BCUT2D eigenvalue weighted by molar-refractivity contribution is 6.39. The first-order valence-corrected chi connectivity index (χ1v) is 8.99. The van der Waals surface area contributed by atoms with Gasteiger partial charge in [0.15, 0.2) is 23.4 Å². The van der Waals surface area contributed by atoms with Crippen LogP contribution in [0.5, 0.6) is 11.5 Å². The van der Waals surface area contributed by atoms with Gasteiger partial charge in [-0.05, 0) is 24.3 Å². The van der Waals surface area contributed by atoms with E-state index in [1.807, 2.05) is 0 Å². The molecule has 1 N–H and O–H groups in total. The molecule has 9 heteroatoms. The summed E-state index contributed by atoms with van der Waals surface area (Å²) in [7, 11) is 1.48. The van der Waals surface area contributed by atoms with E-state index in [4.69, 9.17) is 37.4 Å². The molecule has 1 unspecified atom stereocenters. The second kappa shape index (κ2) is 8.95. The molecule has 1 aliphatic rings. The molecular formula is C19H16Cl2N2O5. The third kappa shape index (κ3) is 4.55. The Hall–Kier alpha value is -2.77. The van der Waals surface area contributed by atoms with Crippen molar-refractivity contribution < 1.29 is 23.8 Å². The summed E-state index contributed by atoms with van der Waals surface area (Å²) in [6.45, 7) is -0.00732. The molecule has 0 spiro atoms. The summed E-state index contributed by atoms with van der Waals surface area (Å²) in [5.41, 5.74) is 0.546. The second-order valence-corrected chi connectivity index (χ2v) is 6.59. The first kappa shape index (κ1) is 20.0. The van der Waals surface area contributed by atoms with Gasteiger partial charge in [-0.25, -0.2) is 0 Å². The zero-order valence-electron chi connectivity index (χ0n) is 14.8. The van der Waals surface area contributed by atoms with Gasteiger partial charge in [0.25, 0.3) is 5.91 Å². The molecular weight excluding hydrogens is 407 g/mol. The predicted octanol–water partition coefficient (Wildman–Crippen LogP) is 3.90. The predicted molar refractivity (Wildman–Crippen MR) is 104 cm³/mol. The topological polar surface area (TPSA) is 86.8 Å². The summed E-state index contributed by atoms with van der Waals surface area (Å²) in [5.74, 6) is 0.177. The monoisotopic (exact) mass is 422 g/mol. The van der Waals surface area contributed by atoms with Crippen LogP contribution >= 0.6 is 23.2 Å². The first-order valence-electron chi connectivity index (χ1n) is 8.24. The number of methoxy groups -OCH3 is 1. The van der Waals surface area contributed by atoms with Crippen molar-refractivity contribution in [2.75, 3.05) is 19.0 Å². The largest absolute Gasteiger partial charge is 0.493 e. The van der Waals surface area contributed by atoms with E-state index < -0.39 is 12.0 Å². The number of benzene rings is 1. The molecule has 7 nitrogen and oxygen atoms in total. The minimum absolute atomic E-state index is 0.00732. The summed E-state index contributed by atoms with van der Waals surface area (Å²) in [6, 6.07) is 4.65. The molecule has 1 aromatic heterocycles. The molecule has 28 heavy (non-hydrogen) atoms. The van der Waals surface area contributed by atoms with Gasteiger partial charge in [-0.15, -0.1) is 0 Å². The summed E-state index contributed by atoms with van der Waals surface area (Å²) < 4.78 is 16.2. The third-order valence-corrected chi connectivity index (χ3v) is 4.50. The number of pyridine rings is 1. The summed E-state index contributed by atoms with van der Waals surface area (Å²) in [5, 5.41) is 3.07. The van der Waals surface area contributed by atoms with E-state index in [-0.39, 0.29) is 33.7 Å². The Kier molecular flexibility index (Phi) is 6.38. The Morgan fingerprint density at radius 2 is 2.04 bits per heavy atom. The van der Waals surface area contributed by atoms with Crippen molar-refractivity contribution in [1.29, 1.82) is 0 Å². The van der Waals surface area contributed by atoms with E-state index in [0.29, 0.717) is 17.9 Å². The number of allylic oxidation sites excluding steroid dienone is 1. The van der Waals surface area contributed by atoms with Crippen LogP contribution in [0.3, 0.4) is 0 Å². The molecule has 2 heterocycles. The van der Waals surface area contributed by atoms with Gasteiger partial charge in [0.2, 0.25) is 0 Å². The number of nitrogens with one attached hydrogen (secondary N) is 1. The van der Waals surface area contributed by atoms with Crippen molar-refractivity contribution in [2.45, 2.75) is 12.5 Å². The molecule has 1 amide bonds. The molecule has 1 aliphatic heterocycles. The van der Waals surface area contributed by atoms with Crippen LogP contribution in [0.15, 0.2) is 42.9 Å². The third-order valence-electron chi connectivity index (χ3n) is 3.93. The van der Waals surface area contributed by atoms with Crippen LogP contribution in [-0.2, 0) is 9.53 Å². The number of Topliss-reactive ketones (excluding diaryl/α,β-unsaturated/α-hetero) is 1. The van der Waals surface area contributed by atoms with E-state index in [2.05, 4.69) is 10.3 Å². The number of ketones is 1. The number of aromatic nitrogens is 1. The van der Waals surface area contributed by atoms with Crippen LogP contribution < -0.4 is 14.8 Å². The van der Waals surface area contributed by atoms with Gasteiger partial charge in [0.05, 0.1) is 29.1 Å². The van der Waals surface area contributed by atoms with Crippen LogP contribution in [0.4, 0.5) is 5.69 Å². The standard InChI is InChI=1S/C19H16Cl2N2O5/c1-26-15-5-4-11(19(25)23-18-12(20)8-22-9-13(18)21)7-16(15)28-10-17-14(24)3-2-6-27-17/h2,4-9,17H,3,10H2,1H3,(H,22,23,25). The van der Waals surface area contributed by atoms with Crippen LogP contribution in [-0.4, -0.2) is 36.5 Å². The van der Waals surface area contributed by atoms with E-state index in [9.17, 15) is 9.59 Å². The molecule has 3 rings (SSSR count). The normalized spacial score (nSPS) is 15.7. The van der Waals surface area contributed by atoms with Gasteiger partial charge in [-0.2, -0.15) is 0 Å². The van der Waals surface area contributed by atoms with Crippen LogP contribution in [0.25, 0.3) is 0 Å². The molecule has 0 saturated carbocycles. The molecule has 0 bridgehead atoms. The lowest BCUT2D eigenvalue weighted by molar-refractivity contribution is -0.129. The summed E-state index contributed by atoms with van der Waals surface area (Å²) in [4.78, 5) is 28.3. The Morgan fingerprint density at radius 1 is 1.29 bits per heavy atom. The lowest BCUT2D eigenvalue weighted by Crippen LogP contribution is -2.31. The van der Waals surface area contributed by atoms with Crippen molar-refractivity contribution in [1.82, 2.24) is 4.98 Å². The SMILES string of the molecule is COc1ccc(C(=O)Nc2c(Cl)cncc2Cl)cc1OCC1OC=CCC1=O. The van der Waals surface area contributed by atoms with Crippen molar-refractivity contribution in [3.8, 4) is 11.5 Å². The number of rotatable bonds is 6. The maximum atomic E-state index is 12.6. The minimum atomic E-state index is -0.707. The molecule has 0 fully saturated rings. The van der Waals surface area contributed by atoms with Crippen LogP contribution in [0, 0.1) is 0 Å². The molecule has 0 aliphatic carbocycles. The van der Waals surface area contributed by atoms with Crippen LogP contribution in [0.2, 0.25) is 10.0 Å². The van der Waals surface area contributed by atoms with Crippen molar-refractivity contribution in [3.05, 3.63) is 58.5 Å². The quantitative estimate of drug-likeness (QED) is 0.759. The zero-order valence-corrected chi connectivity index (χ0v) is 16.3. The highest BCUT2D eigenvalue weighted by atomic mass is 35.5. The zero-order chi connectivity index (χ0) is 20.1. The Morgan fingerprint density at radius 3 is 2.71 bits per heavy atom. The van der Waals surface area contributed by atoms with E-state index in [1.165, 1.54) is 31.8 Å². The lowest BCUT2D eigenvalue weighted by Gasteiger charge is -2.19. The van der Waals surface area contributed by atoms with Gasteiger partial charge < -0.3 is 19.5 Å². The molecule has 146 valence electrons.